The predicted molar refractivity (Wildman–Crippen MR) is 177 cm³/mol. The van der Waals surface area contributed by atoms with Gasteiger partial charge < -0.3 is 5.11 Å². The van der Waals surface area contributed by atoms with E-state index in [0.29, 0.717) is 5.75 Å². The third-order valence-corrected chi connectivity index (χ3v) is 9.24. The predicted octanol–water partition coefficient (Wildman–Crippen LogP) is 9.29. The number of rotatable bonds is 5. The van der Waals surface area contributed by atoms with E-state index in [1.54, 1.807) is 0 Å². The summed E-state index contributed by atoms with van der Waals surface area (Å²) in [6.45, 7) is 13.0. The van der Waals surface area contributed by atoms with Crippen LogP contribution in [0.15, 0.2) is 102 Å². The summed E-state index contributed by atoms with van der Waals surface area (Å²) < 4.78 is 0. The Balaban J connectivity index is 0.00000103. The zero-order valence-electron chi connectivity index (χ0n) is 23.8. The number of aliphatic imine (C=N–C) groups is 1. The van der Waals surface area contributed by atoms with Crippen molar-refractivity contribution in [3.05, 3.63) is 114 Å². The van der Waals surface area contributed by atoms with Crippen molar-refractivity contribution in [3.63, 3.8) is 0 Å². The van der Waals surface area contributed by atoms with Crippen molar-refractivity contribution >= 4 is 63.7 Å². The van der Waals surface area contributed by atoms with Crippen LogP contribution in [-0.4, -0.2) is 11.3 Å². The zero-order chi connectivity index (χ0) is 29.5. The molecule has 40 heavy (non-hydrogen) atoms. The minimum atomic E-state index is -1.92. The Morgan fingerprint density at radius 3 is 1.65 bits per heavy atom. The monoisotopic (exact) mass is 647 g/mol. The van der Waals surface area contributed by atoms with Gasteiger partial charge in [-0.25, -0.2) is 0 Å². The third-order valence-electron chi connectivity index (χ3n) is 6.45. The number of halogens is 3. The molecule has 0 amide bonds. The molecule has 4 aromatic carbocycles. The van der Waals surface area contributed by atoms with Crippen LogP contribution in [0, 0.1) is 0 Å². The second-order valence-electron chi connectivity index (χ2n) is 11.6. The maximum absolute atomic E-state index is 11.2. The maximum atomic E-state index is 11.2. The molecule has 0 fully saturated rings. The summed E-state index contributed by atoms with van der Waals surface area (Å²) in [6.07, 6.45) is 1.84. The molecule has 0 aliphatic rings. The van der Waals surface area contributed by atoms with Gasteiger partial charge in [0, 0.05) is 17.3 Å². The Bertz CT molecular complexity index is 1370. The summed E-state index contributed by atoms with van der Waals surface area (Å²) in [5.41, 5.74) is 3.63. The molecular formula is C33H37Cl3NOPTi+. The summed E-state index contributed by atoms with van der Waals surface area (Å²) in [5, 5.41) is 15.1. The molecule has 0 saturated carbocycles. The van der Waals surface area contributed by atoms with E-state index in [0.717, 1.165) is 16.8 Å². The first-order valence-corrected chi connectivity index (χ1v) is 21.1. The van der Waals surface area contributed by atoms with Crippen LogP contribution in [0.25, 0.3) is 0 Å². The van der Waals surface area contributed by atoms with Gasteiger partial charge in [0.15, 0.2) is 0 Å². The number of benzene rings is 4. The van der Waals surface area contributed by atoms with Crippen LogP contribution in [0.1, 0.15) is 58.2 Å². The fourth-order valence-electron chi connectivity index (χ4n) is 4.38. The molecule has 4 rings (SSSR count). The molecule has 0 atom stereocenters. The van der Waals surface area contributed by atoms with Crippen LogP contribution in [0.2, 0.25) is 0 Å². The molecular weight excluding hydrogens is 612 g/mol. The topological polar surface area (TPSA) is 32.6 Å². The summed E-state index contributed by atoms with van der Waals surface area (Å²) in [7, 11) is 13.7. The molecule has 0 spiro atoms. The van der Waals surface area contributed by atoms with Gasteiger partial charge in [-0.15, -0.1) is 0 Å². The average molecular weight is 649 g/mol. The first-order valence-electron chi connectivity index (χ1n) is 13.1. The van der Waals surface area contributed by atoms with E-state index in [9.17, 15) is 5.11 Å². The molecule has 209 valence electrons. The minimum absolute atomic E-state index is 0.0367. The van der Waals surface area contributed by atoms with Crippen LogP contribution >= 0.6 is 35.8 Å². The van der Waals surface area contributed by atoms with Gasteiger partial charge in [-0.3, -0.25) is 4.99 Å². The Morgan fingerprint density at radius 1 is 0.700 bits per heavy atom. The normalized spacial score (nSPS) is 11.8. The van der Waals surface area contributed by atoms with E-state index < -0.39 is 22.6 Å². The number of aromatic hydroxyl groups is 1. The van der Waals surface area contributed by atoms with Gasteiger partial charge in [-0.2, -0.15) is 0 Å². The SMILES string of the molecule is CC(C)(C)c1cc(C=Nc2ccccc2[PH+](c2ccccc2)c2ccccc2)c(O)c(C(C)(C)C)c1.[Cl][Ti]([Cl])[Cl]. The fraction of sp³-hybridized carbons (Fsp3) is 0.242. The number of phenols is 1. The van der Waals surface area contributed by atoms with E-state index >= 15 is 0 Å². The standard InChI is InChI=1S/C33H36NOP.3ClH.Ti/c1-32(2,3)25-21-24(31(35)28(22-25)33(4,5)6)23-34-29-19-13-14-20-30(29)36(26-15-9-7-10-16-26)27-17-11-8-12-18-27;;;;/h7-23,35H,1-6H3;3*1H;/q;;;;+3/p-2. The van der Waals surface area contributed by atoms with E-state index in [2.05, 4.69) is 133 Å². The number of para-hydroxylation sites is 1. The molecule has 2 nitrogen and oxygen atoms in total. The van der Waals surface area contributed by atoms with Crippen LogP contribution in [0.4, 0.5) is 5.69 Å². The molecule has 0 aromatic heterocycles. The first kappa shape index (κ1) is 32.9. The Kier molecular flexibility index (Phi) is 11.9. The van der Waals surface area contributed by atoms with Crippen molar-refractivity contribution in [2.24, 2.45) is 4.99 Å². The van der Waals surface area contributed by atoms with Crippen LogP contribution < -0.4 is 15.9 Å². The van der Waals surface area contributed by atoms with E-state index in [4.69, 9.17) is 32.9 Å². The molecule has 0 aliphatic heterocycles. The average Bonchev–Trinajstić information content (AvgIpc) is 2.88. The van der Waals surface area contributed by atoms with Gasteiger partial charge in [0.2, 0.25) is 0 Å². The zero-order valence-corrected chi connectivity index (χ0v) is 28.7. The van der Waals surface area contributed by atoms with Gasteiger partial charge in [0.1, 0.15) is 35.3 Å². The van der Waals surface area contributed by atoms with Gasteiger partial charge in [-0.1, -0.05) is 96.1 Å². The molecule has 7 heteroatoms. The molecule has 0 saturated heterocycles. The van der Waals surface area contributed by atoms with Gasteiger partial charge in [0.25, 0.3) is 0 Å². The van der Waals surface area contributed by atoms with Gasteiger partial charge in [-0.05, 0) is 58.9 Å². The van der Waals surface area contributed by atoms with Crippen molar-refractivity contribution in [2.75, 3.05) is 0 Å². The second kappa shape index (κ2) is 14.5. The Labute approximate surface area is 258 Å². The van der Waals surface area contributed by atoms with Crippen molar-refractivity contribution in [2.45, 2.75) is 52.4 Å². The van der Waals surface area contributed by atoms with Crippen molar-refractivity contribution in [1.29, 1.82) is 0 Å². The number of nitrogens with zero attached hydrogens (tertiary/aromatic N) is 1. The van der Waals surface area contributed by atoms with Crippen molar-refractivity contribution in [1.82, 2.24) is 0 Å². The fourth-order valence-corrected chi connectivity index (χ4v) is 7.06. The third kappa shape index (κ3) is 9.19. The quantitative estimate of drug-likeness (QED) is 0.131. The molecule has 0 heterocycles. The number of hydrogen-bond acceptors (Lipinski definition) is 2. The van der Waals surface area contributed by atoms with Crippen LogP contribution in [0.3, 0.4) is 0 Å². The molecule has 4 aromatic rings. The van der Waals surface area contributed by atoms with Gasteiger partial charge in [0.05, 0.1) is 0 Å². The number of hydrogen-bond donors (Lipinski definition) is 1. The molecule has 0 aliphatic carbocycles. The van der Waals surface area contributed by atoms with E-state index in [1.165, 1.54) is 21.5 Å². The molecule has 1 N–H and O–H groups in total. The van der Waals surface area contributed by atoms with E-state index in [1.807, 2.05) is 12.3 Å². The van der Waals surface area contributed by atoms with Crippen molar-refractivity contribution < 1.29 is 19.8 Å². The molecule has 0 bridgehead atoms. The van der Waals surface area contributed by atoms with Crippen LogP contribution in [-0.2, 0) is 25.5 Å². The van der Waals surface area contributed by atoms with E-state index in [-0.39, 0.29) is 10.8 Å². The summed E-state index contributed by atoms with van der Waals surface area (Å²) in [5.74, 6) is 0.313. The second-order valence-corrected chi connectivity index (χ2v) is 21.7. The molecule has 0 radical (unpaired) electrons. The molecule has 0 unspecified atom stereocenters. The summed E-state index contributed by atoms with van der Waals surface area (Å²) >= 11 is -1.92. The Morgan fingerprint density at radius 2 is 1.18 bits per heavy atom. The Hall–Kier alpha value is -1.64. The van der Waals surface area contributed by atoms with Crippen LogP contribution in [0.5, 0.6) is 5.75 Å². The number of phenolic OH excluding ortho intramolecular Hbond substituents is 1. The summed E-state index contributed by atoms with van der Waals surface area (Å²) in [6, 6.07) is 34.1. The van der Waals surface area contributed by atoms with Crippen molar-refractivity contribution in [3.8, 4) is 5.75 Å². The first-order chi connectivity index (χ1) is 18.8. The van der Waals surface area contributed by atoms with Gasteiger partial charge >= 0.3 is 42.6 Å². The summed E-state index contributed by atoms with van der Waals surface area (Å²) in [4.78, 5) is 5.00.